The molecule has 4 aromatic carbocycles. The summed E-state index contributed by atoms with van der Waals surface area (Å²) in [6.45, 7) is 0. The van der Waals surface area contributed by atoms with E-state index in [1.54, 1.807) is 11.8 Å². The number of hydrogen-bond acceptors (Lipinski definition) is 2. The zero-order valence-electron chi connectivity index (χ0n) is 19.8. The van der Waals surface area contributed by atoms with Gasteiger partial charge < -0.3 is 4.57 Å². The third kappa shape index (κ3) is 2.14. The highest BCUT2D eigenvalue weighted by molar-refractivity contribution is 7.98. The molecule has 0 saturated carbocycles. The normalized spacial score (nSPS) is 14.9. The lowest BCUT2D eigenvalue weighted by molar-refractivity contribution is 0.893. The quantitative estimate of drug-likeness (QED) is 0.302. The minimum atomic E-state index is -0.218. The minimum Gasteiger partial charge on any atom is -0.309 e. The minimum absolute atomic E-state index is 0.00556. The van der Waals surface area contributed by atoms with Crippen LogP contribution in [0.25, 0.3) is 44.2 Å². The van der Waals surface area contributed by atoms with Crippen LogP contribution in [0.4, 0.5) is 0 Å². The summed E-state index contributed by atoms with van der Waals surface area (Å²) in [5, 5.41) is 2.35. The van der Waals surface area contributed by atoms with Gasteiger partial charge in [0.2, 0.25) is 0 Å². The lowest BCUT2D eigenvalue weighted by Gasteiger charge is -2.20. The molecule has 0 amide bonds. The van der Waals surface area contributed by atoms with Gasteiger partial charge in [-0.25, -0.2) is 4.98 Å². The largest absolute Gasteiger partial charge is 0.309 e. The fourth-order valence-electron chi connectivity index (χ4n) is 4.46. The van der Waals surface area contributed by atoms with E-state index in [-0.39, 0.29) is 24.2 Å². The van der Waals surface area contributed by atoms with E-state index >= 15 is 0 Å². The molecule has 0 N–H and O–H groups in total. The number of para-hydroxylation sites is 4. The zero-order valence-corrected chi connectivity index (χ0v) is 16.6. The third-order valence-electron chi connectivity index (χ3n) is 5.75. The Kier molecular flexibility index (Phi) is 2.59. The fraction of sp³-hybridized carbons (Fsp3) is 0.0385. The summed E-state index contributed by atoms with van der Waals surface area (Å²) in [5.41, 5.74) is 6.54. The molecule has 6 aromatic rings. The summed E-state index contributed by atoms with van der Waals surface area (Å²) in [7, 11) is 0. The summed E-state index contributed by atoms with van der Waals surface area (Å²) in [6, 6.07) is 21.7. The first-order valence-electron chi connectivity index (χ1n) is 11.8. The van der Waals surface area contributed by atoms with Crippen LogP contribution in [0.3, 0.4) is 0 Å². The first-order chi connectivity index (χ1) is 16.5. The number of rotatable bonds is 1. The van der Waals surface area contributed by atoms with Crippen molar-refractivity contribution in [1.29, 1.82) is 0 Å². The molecule has 0 fully saturated rings. The molecule has 0 atom stereocenters. The molecule has 0 aliphatic carbocycles. The summed E-state index contributed by atoms with van der Waals surface area (Å²) in [6.07, 6.45) is 0. The van der Waals surface area contributed by atoms with Crippen molar-refractivity contribution in [2.75, 3.05) is 0 Å². The van der Waals surface area contributed by atoms with Gasteiger partial charge in [0, 0.05) is 22.2 Å². The molecule has 3 heterocycles. The van der Waals surface area contributed by atoms with Crippen LogP contribution >= 0.6 is 11.8 Å². The van der Waals surface area contributed by atoms with Crippen molar-refractivity contribution in [1.82, 2.24) is 14.1 Å². The van der Waals surface area contributed by atoms with E-state index in [4.69, 9.17) is 10.5 Å². The van der Waals surface area contributed by atoms with Gasteiger partial charge in [0.15, 0.2) is 5.16 Å². The molecular formula is C26H17N3S. The second-order valence-corrected chi connectivity index (χ2v) is 8.34. The molecular weight excluding hydrogens is 386 g/mol. The number of hydrogen-bond donors (Lipinski definition) is 0. The van der Waals surface area contributed by atoms with E-state index in [1.165, 1.54) is 0 Å². The van der Waals surface area contributed by atoms with Crippen molar-refractivity contribution in [2.24, 2.45) is 0 Å². The molecule has 0 spiro atoms. The van der Waals surface area contributed by atoms with Gasteiger partial charge in [-0.05, 0) is 48.0 Å². The highest BCUT2D eigenvalue weighted by atomic mass is 32.2. The Balaban J connectivity index is 1.54. The van der Waals surface area contributed by atoms with Crippen molar-refractivity contribution >= 4 is 44.6 Å². The van der Waals surface area contributed by atoms with Crippen LogP contribution in [0.5, 0.6) is 0 Å². The van der Waals surface area contributed by atoms with E-state index < -0.39 is 0 Å². The van der Waals surface area contributed by atoms with Gasteiger partial charge in [-0.15, -0.1) is 0 Å². The van der Waals surface area contributed by atoms with E-state index in [9.17, 15) is 0 Å². The topological polar surface area (TPSA) is 22.8 Å². The highest BCUT2D eigenvalue weighted by Crippen LogP contribution is 2.39. The molecule has 2 aromatic heterocycles. The standard InChI is InChI=1S/C26H17N3S/c1-4-10-23-19(7-1)20-8-2-5-11-24(20)28(23)18-13-14-22-17(15-18)16-30-26-27-21-9-3-6-12-25(21)29(22)26/h1-15H,16H2/i1D,4D,7D,10D. The maximum absolute atomic E-state index is 8.67. The number of nitrogens with zero attached hydrogens (tertiary/aromatic N) is 3. The van der Waals surface area contributed by atoms with Crippen molar-refractivity contribution < 1.29 is 5.48 Å². The van der Waals surface area contributed by atoms with Gasteiger partial charge in [0.25, 0.3) is 0 Å². The lowest BCUT2D eigenvalue weighted by atomic mass is 10.1. The van der Waals surface area contributed by atoms with Crippen LogP contribution in [0.15, 0.2) is 96.1 Å². The van der Waals surface area contributed by atoms with Crippen molar-refractivity contribution in [3.63, 3.8) is 0 Å². The third-order valence-corrected chi connectivity index (χ3v) is 6.74. The average molecular weight is 408 g/mol. The second kappa shape index (κ2) is 6.00. The Morgan fingerprint density at radius 2 is 1.63 bits per heavy atom. The van der Waals surface area contributed by atoms with Gasteiger partial charge in [-0.3, -0.25) is 4.57 Å². The maximum atomic E-state index is 8.67. The molecule has 30 heavy (non-hydrogen) atoms. The first-order valence-corrected chi connectivity index (χ1v) is 10.8. The van der Waals surface area contributed by atoms with Crippen LogP contribution in [0.2, 0.25) is 0 Å². The highest BCUT2D eigenvalue weighted by Gasteiger charge is 2.21. The smallest absolute Gasteiger partial charge is 0.174 e. The molecule has 142 valence electrons. The van der Waals surface area contributed by atoms with Gasteiger partial charge in [0.1, 0.15) is 0 Å². The van der Waals surface area contributed by atoms with E-state index in [1.807, 2.05) is 53.1 Å². The number of benzene rings is 4. The molecule has 3 nitrogen and oxygen atoms in total. The second-order valence-electron chi connectivity index (χ2n) is 7.40. The van der Waals surface area contributed by atoms with Crippen LogP contribution in [-0.2, 0) is 5.75 Å². The van der Waals surface area contributed by atoms with E-state index in [0.717, 1.165) is 49.8 Å². The van der Waals surface area contributed by atoms with Crippen molar-refractivity contribution in [3.8, 4) is 11.4 Å². The molecule has 7 rings (SSSR count). The van der Waals surface area contributed by atoms with Crippen LogP contribution in [0.1, 0.15) is 11.0 Å². The Morgan fingerprint density at radius 1 is 0.800 bits per heavy atom. The number of thioether (sulfide) groups is 1. The molecule has 1 aliphatic rings. The predicted octanol–water partition coefficient (Wildman–Crippen LogP) is 6.73. The molecule has 0 saturated heterocycles. The molecule has 0 bridgehead atoms. The van der Waals surface area contributed by atoms with Gasteiger partial charge in [-0.2, -0.15) is 0 Å². The Hall–Kier alpha value is -3.50. The number of imidazole rings is 1. The van der Waals surface area contributed by atoms with Crippen molar-refractivity contribution in [3.05, 3.63) is 96.5 Å². The van der Waals surface area contributed by atoms with Crippen LogP contribution in [-0.4, -0.2) is 14.1 Å². The van der Waals surface area contributed by atoms with E-state index in [2.05, 4.69) is 22.8 Å². The summed E-state index contributed by atoms with van der Waals surface area (Å²) >= 11 is 1.70. The lowest BCUT2D eigenvalue weighted by Crippen LogP contribution is -2.07. The van der Waals surface area contributed by atoms with Crippen LogP contribution in [0, 0.1) is 0 Å². The molecule has 1 aliphatic heterocycles. The summed E-state index contributed by atoms with van der Waals surface area (Å²) in [5.74, 6) is 0.779. The van der Waals surface area contributed by atoms with Gasteiger partial charge in [-0.1, -0.05) is 60.2 Å². The average Bonchev–Trinajstić information content (AvgIpc) is 3.42. The molecule has 0 unspecified atom stereocenters. The number of fused-ring (bicyclic) bond motifs is 8. The summed E-state index contributed by atoms with van der Waals surface area (Å²) < 4.78 is 37.8. The zero-order chi connectivity index (χ0) is 23.1. The summed E-state index contributed by atoms with van der Waals surface area (Å²) in [4.78, 5) is 4.78. The molecule has 4 heteroatoms. The Bertz CT molecular complexity index is 1820. The Labute approximate surface area is 183 Å². The van der Waals surface area contributed by atoms with Gasteiger partial charge in [0.05, 0.1) is 33.2 Å². The number of aromatic nitrogens is 3. The SMILES string of the molecule is [2H]c1c([2H])c([2H])c2c(c1[2H])c1ccccc1n2-c1ccc2c(c1)CSc1nc3ccccc3n1-2. The van der Waals surface area contributed by atoms with Gasteiger partial charge >= 0.3 is 0 Å². The monoisotopic (exact) mass is 407 g/mol. The fourth-order valence-corrected chi connectivity index (χ4v) is 5.46. The van der Waals surface area contributed by atoms with Crippen LogP contribution < -0.4 is 0 Å². The first kappa shape index (κ1) is 12.9. The van der Waals surface area contributed by atoms with E-state index in [0.29, 0.717) is 10.9 Å². The maximum Gasteiger partial charge on any atom is 0.174 e. The predicted molar refractivity (Wildman–Crippen MR) is 125 cm³/mol. The van der Waals surface area contributed by atoms with Crippen molar-refractivity contribution in [2.45, 2.75) is 10.9 Å². The Morgan fingerprint density at radius 3 is 2.60 bits per heavy atom. The molecule has 0 radical (unpaired) electrons.